The summed E-state index contributed by atoms with van der Waals surface area (Å²) in [7, 11) is 0. The molecular formula is C17H19Cl2N3O. The number of rotatable bonds is 2. The molecule has 1 N–H and O–H groups in total. The van der Waals surface area contributed by atoms with Gasteiger partial charge in [-0.15, -0.1) is 12.4 Å². The number of benzene rings is 1. The number of aryl methyl sites for hydroxylation is 1. The van der Waals surface area contributed by atoms with E-state index in [1.54, 1.807) is 18.3 Å². The molecule has 1 unspecified atom stereocenters. The lowest BCUT2D eigenvalue weighted by Crippen LogP contribution is -2.48. The number of aromatic nitrogens is 1. The second-order valence-corrected chi connectivity index (χ2v) is 5.88. The number of nitrogens with zero attached hydrogens (tertiary/aromatic N) is 2. The van der Waals surface area contributed by atoms with Crippen molar-refractivity contribution in [2.75, 3.05) is 19.6 Å². The molecule has 0 spiro atoms. The van der Waals surface area contributed by atoms with E-state index in [2.05, 4.69) is 10.3 Å². The topological polar surface area (TPSA) is 45.2 Å². The zero-order chi connectivity index (χ0) is 15.5. The minimum Gasteiger partial charge on any atom is -0.329 e. The highest BCUT2D eigenvalue weighted by Gasteiger charge is 2.28. The number of carbonyl (C=O) groups excluding carboxylic acids is 1. The van der Waals surface area contributed by atoms with Gasteiger partial charge in [-0.3, -0.25) is 9.78 Å². The van der Waals surface area contributed by atoms with Crippen LogP contribution in [-0.2, 0) is 0 Å². The highest BCUT2D eigenvalue weighted by molar-refractivity contribution is 6.31. The fraction of sp³-hybridized carbons (Fsp3) is 0.294. The standard InChI is InChI=1S/C17H18ClN3O.ClH/c1-12-9-13(4-5-15(12)18)17(22)21-8-7-20-11-16(21)14-3-2-6-19-10-14;/h2-6,9-10,16,20H,7-8,11H2,1H3;1H. The molecule has 2 heterocycles. The molecule has 0 aliphatic carbocycles. The lowest BCUT2D eigenvalue weighted by molar-refractivity contribution is 0.0634. The quantitative estimate of drug-likeness (QED) is 0.903. The summed E-state index contributed by atoms with van der Waals surface area (Å²) in [5.41, 5.74) is 2.65. The molecule has 1 amide bonds. The molecule has 122 valence electrons. The summed E-state index contributed by atoms with van der Waals surface area (Å²) in [4.78, 5) is 19.0. The fourth-order valence-electron chi connectivity index (χ4n) is 2.76. The van der Waals surface area contributed by atoms with Crippen LogP contribution in [0.25, 0.3) is 0 Å². The average Bonchev–Trinajstić information content (AvgIpc) is 2.57. The number of amides is 1. The molecule has 1 aliphatic rings. The molecule has 1 atom stereocenters. The molecule has 3 rings (SSSR count). The predicted molar refractivity (Wildman–Crippen MR) is 94.3 cm³/mol. The van der Waals surface area contributed by atoms with Crippen molar-refractivity contribution < 1.29 is 4.79 Å². The maximum atomic E-state index is 12.9. The van der Waals surface area contributed by atoms with Gasteiger partial charge in [-0.25, -0.2) is 0 Å². The van der Waals surface area contributed by atoms with Gasteiger partial charge in [0.1, 0.15) is 0 Å². The van der Waals surface area contributed by atoms with Crippen LogP contribution in [0.2, 0.25) is 5.02 Å². The van der Waals surface area contributed by atoms with Gasteiger partial charge in [0.2, 0.25) is 0 Å². The first kappa shape index (κ1) is 17.7. The lowest BCUT2D eigenvalue weighted by atomic mass is 10.0. The van der Waals surface area contributed by atoms with Crippen LogP contribution in [0.15, 0.2) is 42.7 Å². The molecule has 23 heavy (non-hydrogen) atoms. The number of carbonyl (C=O) groups is 1. The number of nitrogens with one attached hydrogen (secondary N) is 1. The number of hydrogen-bond donors (Lipinski definition) is 1. The first-order chi connectivity index (χ1) is 10.7. The molecule has 0 saturated carbocycles. The third-order valence-electron chi connectivity index (χ3n) is 3.98. The van der Waals surface area contributed by atoms with E-state index in [1.165, 1.54) is 0 Å². The number of piperazine rings is 1. The van der Waals surface area contributed by atoms with Gasteiger partial charge in [0.25, 0.3) is 5.91 Å². The van der Waals surface area contributed by atoms with Crippen molar-refractivity contribution in [2.45, 2.75) is 13.0 Å². The monoisotopic (exact) mass is 351 g/mol. The second kappa shape index (κ2) is 7.77. The summed E-state index contributed by atoms with van der Waals surface area (Å²) in [5, 5.41) is 4.03. The van der Waals surface area contributed by atoms with Crippen molar-refractivity contribution in [3.8, 4) is 0 Å². The Morgan fingerprint density at radius 3 is 2.91 bits per heavy atom. The first-order valence-electron chi connectivity index (χ1n) is 7.34. The minimum absolute atomic E-state index is 0. The SMILES string of the molecule is Cc1cc(C(=O)N2CCNCC2c2cccnc2)ccc1Cl.Cl. The highest BCUT2D eigenvalue weighted by atomic mass is 35.5. The Labute approximate surface area is 147 Å². The number of halogens is 2. The Kier molecular flexibility index (Phi) is 5.99. The maximum Gasteiger partial charge on any atom is 0.254 e. The van der Waals surface area contributed by atoms with E-state index in [0.29, 0.717) is 17.1 Å². The van der Waals surface area contributed by atoms with Crippen LogP contribution in [0, 0.1) is 6.92 Å². The summed E-state index contributed by atoms with van der Waals surface area (Å²) in [6.45, 7) is 4.13. The third kappa shape index (κ3) is 3.83. The van der Waals surface area contributed by atoms with Gasteiger partial charge in [-0.05, 0) is 42.3 Å². The number of pyridine rings is 1. The Hall–Kier alpha value is -1.62. The highest BCUT2D eigenvalue weighted by Crippen LogP contribution is 2.25. The molecule has 0 radical (unpaired) electrons. The summed E-state index contributed by atoms with van der Waals surface area (Å²) < 4.78 is 0. The van der Waals surface area contributed by atoms with Crippen LogP contribution in [0.1, 0.15) is 27.5 Å². The molecule has 1 fully saturated rings. The van der Waals surface area contributed by atoms with Crippen LogP contribution in [0.3, 0.4) is 0 Å². The molecular weight excluding hydrogens is 333 g/mol. The molecule has 2 aromatic rings. The van der Waals surface area contributed by atoms with Crippen molar-refractivity contribution in [3.63, 3.8) is 0 Å². The largest absolute Gasteiger partial charge is 0.329 e. The molecule has 1 aromatic heterocycles. The van der Waals surface area contributed by atoms with E-state index in [0.717, 1.165) is 24.2 Å². The summed E-state index contributed by atoms with van der Waals surface area (Å²) in [5.74, 6) is 0.0371. The van der Waals surface area contributed by atoms with Gasteiger partial charge >= 0.3 is 0 Å². The van der Waals surface area contributed by atoms with Gasteiger partial charge in [0.15, 0.2) is 0 Å². The van der Waals surface area contributed by atoms with Crippen molar-refractivity contribution >= 4 is 29.9 Å². The minimum atomic E-state index is 0. The van der Waals surface area contributed by atoms with E-state index in [9.17, 15) is 4.79 Å². The second-order valence-electron chi connectivity index (χ2n) is 5.47. The van der Waals surface area contributed by atoms with Crippen LogP contribution in [0.5, 0.6) is 0 Å². The molecule has 6 heteroatoms. The van der Waals surface area contributed by atoms with Crippen molar-refractivity contribution in [1.29, 1.82) is 0 Å². The Morgan fingerprint density at radius 1 is 1.39 bits per heavy atom. The lowest BCUT2D eigenvalue weighted by Gasteiger charge is -2.36. The Bertz CT molecular complexity index is 679. The Balaban J connectivity index is 0.00000192. The average molecular weight is 352 g/mol. The van der Waals surface area contributed by atoms with Gasteiger partial charge in [0.05, 0.1) is 6.04 Å². The predicted octanol–water partition coefficient (Wildman–Crippen LogP) is 3.25. The van der Waals surface area contributed by atoms with Crippen molar-refractivity contribution in [1.82, 2.24) is 15.2 Å². The van der Waals surface area contributed by atoms with Gasteiger partial charge in [0, 0.05) is 42.6 Å². The van der Waals surface area contributed by atoms with Gasteiger partial charge in [-0.2, -0.15) is 0 Å². The van der Waals surface area contributed by atoms with Crippen LogP contribution in [0.4, 0.5) is 0 Å². The summed E-state index contributed by atoms with van der Waals surface area (Å²) in [6.07, 6.45) is 3.57. The van der Waals surface area contributed by atoms with E-state index >= 15 is 0 Å². The van der Waals surface area contributed by atoms with Crippen molar-refractivity contribution in [3.05, 3.63) is 64.4 Å². The smallest absolute Gasteiger partial charge is 0.254 e. The van der Waals surface area contributed by atoms with Gasteiger partial charge < -0.3 is 10.2 Å². The molecule has 1 saturated heterocycles. The molecule has 0 bridgehead atoms. The van der Waals surface area contributed by atoms with E-state index in [1.807, 2.05) is 36.2 Å². The van der Waals surface area contributed by atoms with Crippen molar-refractivity contribution in [2.24, 2.45) is 0 Å². The molecule has 4 nitrogen and oxygen atoms in total. The first-order valence-corrected chi connectivity index (χ1v) is 7.72. The van der Waals surface area contributed by atoms with Crippen LogP contribution < -0.4 is 5.32 Å². The zero-order valence-corrected chi connectivity index (χ0v) is 14.4. The van der Waals surface area contributed by atoms with Crippen LogP contribution >= 0.6 is 24.0 Å². The van der Waals surface area contributed by atoms with E-state index in [-0.39, 0.29) is 24.4 Å². The van der Waals surface area contributed by atoms with E-state index < -0.39 is 0 Å². The summed E-state index contributed by atoms with van der Waals surface area (Å²) in [6, 6.07) is 9.35. The normalized spacial score (nSPS) is 17.5. The summed E-state index contributed by atoms with van der Waals surface area (Å²) >= 11 is 6.05. The molecule has 1 aromatic carbocycles. The fourth-order valence-corrected chi connectivity index (χ4v) is 2.88. The Morgan fingerprint density at radius 2 is 2.22 bits per heavy atom. The third-order valence-corrected chi connectivity index (χ3v) is 4.40. The number of hydrogen-bond acceptors (Lipinski definition) is 3. The zero-order valence-electron chi connectivity index (χ0n) is 12.8. The van der Waals surface area contributed by atoms with Crippen LogP contribution in [-0.4, -0.2) is 35.4 Å². The van der Waals surface area contributed by atoms with Gasteiger partial charge in [-0.1, -0.05) is 17.7 Å². The molecule has 1 aliphatic heterocycles. The van der Waals surface area contributed by atoms with E-state index in [4.69, 9.17) is 11.6 Å². The maximum absolute atomic E-state index is 12.9.